The minimum Gasteiger partial charge on any atom is -0.488 e. The zero-order valence-corrected chi connectivity index (χ0v) is 15.1. The van der Waals surface area contributed by atoms with E-state index in [1.54, 1.807) is 18.2 Å². The Kier molecular flexibility index (Phi) is 6.08. The minimum absolute atomic E-state index is 0.195. The number of carbonyl (C=O) groups excluding carboxylic acids is 1. The van der Waals surface area contributed by atoms with Gasteiger partial charge in [0.25, 0.3) is 5.91 Å². The maximum absolute atomic E-state index is 12.5. The Bertz CT molecular complexity index is 787. The summed E-state index contributed by atoms with van der Waals surface area (Å²) < 4.78 is 11.4. The first-order chi connectivity index (χ1) is 13.1. The van der Waals surface area contributed by atoms with Crippen LogP contribution >= 0.6 is 0 Å². The molecular weight excluding hydrogens is 350 g/mol. The maximum atomic E-state index is 12.5. The Balaban J connectivity index is 1.63. The fraction of sp³-hybridized carbons (Fsp3) is 0.421. The number of carboxylic acids is 1. The Morgan fingerprint density at radius 1 is 1.37 bits per heavy atom. The van der Waals surface area contributed by atoms with Crippen LogP contribution in [0.15, 0.2) is 30.3 Å². The zero-order valence-electron chi connectivity index (χ0n) is 15.1. The summed E-state index contributed by atoms with van der Waals surface area (Å²) in [7, 11) is 0. The second-order valence-corrected chi connectivity index (χ2v) is 6.46. The van der Waals surface area contributed by atoms with Crippen molar-refractivity contribution in [1.29, 1.82) is 0 Å². The van der Waals surface area contributed by atoms with Crippen molar-refractivity contribution in [3.8, 4) is 5.75 Å². The molecule has 2 aromatic rings. The van der Waals surface area contributed by atoms with Gasteiger partial charge >= 0.3 is 5.97 Å². The van der Waals surface area contributed by atoms with Crippen molar-refractivity contribution in [3.05, 3.63) is 47.3 Å². The average Bonchev–Trinajstić information content (AvgIpc) is 3.13. The van der Waals surface area contributed by atoms with E-state index in [0.717, 1.165) is 18.5 Å². The van der Waals surface area contributed by atoms with Gasteiger partial charge in [0.1, 0.15) is 17.5 Å². The number of H-pyrrole nitrogens is 1. The van der Waals surface area contributed by atoms with Crippen LogP contribution in [-0.4, -0.2) is 52.5 Å². The topological polar surface area (TPSA) is 114 Å². The number of hydrogen-bond acceptors (Lipinski definition) is 5. The quantitative estimate of drug-likeness (QED) is 0.684. The lowest BCUT2D eigenvalue weighted by molar-refractivity contribution is -0.00295. The molecule has 1 aromatic carbocycles. The Morgan fingerprint density at radius 3 is 2.85 bits per heavy atom. The van der Waals surface area contributed by atoms with E-state index in [4.69, 9.17) is 14.6 Å². The number of carboxylic acid groups (broad SMARTS) is 1. The molecule has 144 valence electrons. The fourth-order valence-corrected chi connectivity index (χ4v) is 2.96. The summed E-state index contributed by atoms with van der Waals surface area (Å²) >= 11 is 0. The van der Waals surface area contributed by atoms with Crippen LogP contribution in [0.1, 0.15) is 46.3 Å². The van der Waals surface area contributed by atoms with Crippen LogP contribution in [0.25, 0.3) is 0 Å². The van der Waals surface area contributed by atoms with Crippen LogP contribution < -0.4 is 10.1 Å². The molecule has 0 aliphatic carbocycles. The molecule has 27 heavy (non-hydrogen) atoms. The van der Waals surface area contributed by atoms with E-state index in [9.17, 15) is 9.59 Å². The van der Waals surface area contributed by atoms with E-state index < -0.39 is 5.97 Å². The van der Waals surface area contributed by atoms with E-state index in [-0.39, 0.29) is 23.6 Å². The molecule has 8 nitrogen and oxygen atoms in total. The van der Waals surface area contributed by atoms with Gasteiger partial charge in [0.2, 0.25) is 0 Å². The molecule has 1 amide bonds. The number of nitrogens with one attached hydrogen (secondary N) is 2. The van der Waals surface area contributed by atoms with Gasteiger partial charge in [0.15, 0.2) is 0 Å². The summed E-state index contributed by atoms with van der Waals surface area (Å²) in [6, 6.07) is 7.64. The Hall–Kier alpha value is -2.87. The summed E-state index contributed by atoms with van der Waals surface area (Å²) in [6.07, 6.45) is 2.15. The van der Waals surface area contributed by atoms with Crippen LogP contribution in [0, 0.1) is 0 Å². The third-order valence-corrected chi connectivity index (χ3v) is 4.38. The summed E-state index contributed by atoms with van der Waals surface area (Å²) in [5, 5.41) is 18.8. The van der Waals surface area contributed by atoms with Gasteiger partial charge in [0, 0.05) is 12.1 Å². The van der Waals surface area contributed by atoms with Crippen molar-refractivity contribution >= 4 is 11.9 Å². The normalized spacial score (nSPS) is 19.4. The average molecular weight is 373 g/mol. The minimum atomic E-state index is -0.987. The SMILES string of the molecule is CCCc1cc(C(=O)N[C@@H]2COCC[C@H]2Oc2ccc(C(=O)O)cc2)n[nH]1. The van der Waals surface area contributed by atoms with Crippen molar-refractivity contribution in [2.75, 3.05) is 13.2 Å². The van der Waals surface area contributed by atoms with E-state index in [2.05, 4.69) is 22.4 Å². The third-order valence-electron chi connectivity index (χ3n) is 4.38. The number of rotatable bonds is 7. The van der Waals surface area contributed by atoms with Gasteiger partial charge in [-0.1, -0.05) is 13.3 Å². The van der Waals surface area contributed by atoms with Crippen molar-refractivity contribution in [2.45, 2.75) is 38.3 Å². The van der Waals surface area contributed by atoms with Gasteiger partial charge in [-0.3, -0.25) is 9.89 Å². The van der Waals surface area contributed by atoms with Gasteiger partial charge in [-0.05, 0) is 36.8 Å². The number of aromatic nitrogens is 2. The number of amides is 1. The van der Waals surface area contributed by atoms with E-state index in [0.29, 0.717) is 31.1 Å². The van der Waals surface area contributed by atoms with Gasteiger partial charge in [0.05, 0.1) is 24.8 Å². The molecule has 0 saturated carbocycles. The molecule has 1 fully saturated rings. The van der Waals surface area contributed by atoms with Gasteiger partial charge < -0.3 is 19.9 Å². The molecule has 2 heterocycles. The Labute approximate surface area is 156 Å². The lowest BCUT2D eigenvalue weighted by Gasteiger charge is -2.32. The largest absolute Gasteiger partial charge is 0.488 e. The molecule has 1 saturated heterocycles. The van der Waals surface area contributed by atoms with Crippen LogP contribution in [0.3, 0.4) is 0 Å². The molecule has 0 unspecified atom stereocenters. The van der Waals surface area contributed by atoms with E-state index in [1.165, 1.54) is 12.1 Å². The molecule has 3 N–H and O–H groups in total. The van der Waals surface area contributed by atoms with E-state index in [1.807, 2.05) is 0 Å². The summed E-state index contributed by atoms with van der Waals surface area (Å²) in [5.74, 6) is -0.714. The summed E-state index contributed by atoms with van der Waals surface area (Å²) in [5.41, 5.74) is 1.46. The number of aryl methyl sites for hydroxylation is 1. The molecule has 0 bridgehead atoms. The standard InChI is InChI=1S/C19H23N3O5/c1-2-3-13-10-15(22-21-13)18(23)20-16-11-26-9-8-17(16)27-14-6-4-12(5-7-14)19(24)25/h4-7,10,16-17H,2-3,8-9,11H2,1H3,(H,20,23)(H,21,22)(H,24,25)/t16-,17-/m1/s1. The first-order valence-electron chi connectivity index (χ1n) is 8.99. The highest BCUT2D eigenvalue weighted by atomic mass is 16.5. The number of hydrogen-bond donors (Lipinski definition) is 3. The monoisotopic (exact) mass is 373 g/mol. The van der Waals surface area contributed by atoms with E-state index >= 15 is 0 Å². The van der Waals surface area contributed by atoms with Crippen molar-refractivity contribution in [2.24, 2.45) is 0 Å². The number of nitrogens with zero attached hydrogens (tertiary/aromatic N) is 1. The number of aromatic carboxylic acids is 1. The Morgan fingerprint density at radius 2 is 2.15 bits per heavy atom. The molecule has 8 heteroatoms. The summed E-state index contributed by atoms with van der Waals surface area (Å²) in [6.45, 7) is 2.94. The molecule has 1 aliphatic heterocycles. The lowest BCUT2D eigenvalue weighted by Crippen LogP contribution is -2.51. The van der Waals surface area contributed by atoms with Gasteiger partial charge in [-0.2, -0.15) is 5.10 Å². The fourth-order valence-electron chi connectivity index (χ4n) is 2.96. The highest BCUT2D eigenvalue weighted by Crippen LogP contribution is 2.19. The molecule has 1 aliphatic rings. The first-order valence-corrected chi connectivity index (χ1v) is 8.99. The number of aromatic amines is 1. The van der Waals surface area contributed by atoms with Crippen molar-refractivity contribution < 1.29 is 24.2 Å². The molecule has 3 rings (SSSR count). The number of carbonyl (C=O) groups is 2. The second-order valence-electron chi connectivity index (χ2n) is 6.46. The third kappa shape index (κ3) is 4.85. The smallest absolute Gasteiger partial charge is 0.335 e. The van der Waals surface area contributed by atoms with Gasteiger partial charge in [-0.25, -0.2) is 4.79 Å². The van der Waals surface area contributed by atoms with Crippen LogP contribution in [0.4, 0.5) is 0 Å². The zero-order chi connectivity index (χ0) is 19.2. The molecule has 2 atom stereocenters. The lowest BCUT2D eigenvalue weighted by atomic mass is 10.1. The predicted molar refractivity (Wildman–Crippen MR) is 97.1 cm³/mol. The second kappa shape index (κ2) is 8.68. The summed E-state index contributed by atoms with van der Waals surface area (Å²) in [4.78, 5) is 23.4. The van der Waals surface area contributed by atoms with Crippen LogP contribution in [0.2, 0.25) is 0 Å². The van der Waals surface area contributed by atoms with Crippen molar-refractivity contribution in [1.82, 2.24) is 15.5 Å². The maximum Gasteiger partial charge on any atom is 0.335 e. The number of benzene rings is 1. The highest BCUT2D eigenvalue weighted by Gasteiger charge is 2.30. The molecule has 0 radical (unpaired) electrons. The number of ether oxygens (including phenoxy) is 2. The molecule has 0 spiro atoms. The van der Waals surface area contributed by atoms with Crippen molar-refractivity contribution in [3.63, 3.8) is 0 Å². The van der Waals surface area contributed by atoms with Crippen LogP contribution in [-0.2, 0) is 11.2 Å². The molecule has 1 aromatic heterocycles. The first kappa shape index (κ1) is 18.9. The van der Waals surface area contributed by atoms with Crippen LogP contribution in [0.5, 0.6) is 5.75 Å². The van der Waals surface area contributed by atoms with Gasteiger partial charge in [-0.15, -0.1) is 0 Å². The molecular formula is C19H23N3O5. The highest BCUT2D eigenvalue weighted by molar-refractivity contribution is 5.92. The predicted octanol–water partition coefficient (Wildman–Crippen LogP) is 2.03.